The van der Waals surface area contributed by atoms with Gasteiger partial charge >= 0.3 is 0 Å². The van der Waals surface area contributed by atoms with E-state index in [0.29, 0.717) is 0 Å². The van der Waals surface area contributed by atoms with E-state index in [-0.39, 0.29) is 0 Å². The second-order valence-corrected chi connectivity index (χ2v) is 3.72. The first-order chi connectivity index (χ1) is 8.29. The number of hydrogen-bond donors (Lipinski definition) is 1. The molecule has 2 rings (SSSR count). The minimum atomic E-state index is 0.719. The van der Waals surface area contributed by atoms with E-state index in [0.717, 1.165) is 29.9 Å². The van der Waals surface area contributed by atoms with Gasteiger partial charge in [-0.2, -0.15) is 0 Å². The van der Waals surface area contributed by atoms with Crippen molar-refractivity contribution in [2.45, 2.75) is 19.9 Å². The molecule has 0 aliphatic carbocycles. The third kappa shape index (κ3) is 2.85. The monoisotopic (exact) mass is 226 g/mol. The highest BCUT2D eigenvalue weighted by Crippen LogP contribution is 2.05. The van der Waals surface area contributed by atoms with Crippen LogP contribution in [0.1, 0.15) is 24.6 Å². The standard InChI is InChI=1S/C13H14N4/c1-2-8-17-13(10-15-16-17)7-6-11-4-3-5-12(14)9-11/h3-5,9-10H,2,8,14H2,1H3. The van der Waals surface area contributed by atoms with Gasteiger partial charge in [-0.15, -0.1) is 5.10 Å². The number of rotatable bonds is 2. The summed E-state index contributed by atoms with van der Waals surface area (Å²) in [4.78, 5) is 0. The first kappa shape index (κ1) is 11.2. The number of benzene rings is 1. The molecule has 0 saturated heterocycles. The van der Waals surface area contributed by atoms with Gasteiger partial charge < -0.3 is 5.73 Å². The molecule has 0 fully saturated rings. The van der Waals surface area contributed by atoms with Crippen LogP contribution in [-0.4, -0.2) is 15.0 Å². The first-order valence-electron chi connectivity index (χ1n) is 5.55. The highest BCUT2D eigenvalue weighted by Gasteiger charge is 1.98. The smallest absolute Gasteiger partial charge is 0.131 e. The summed E-state index contributed by atoms with van der Waals surface area (Å²) in [6.07, 6.45) is 2.69. The van der Waals surface area contributed by atoms with Gasteiger partial charge in [-0.1, -0.05) is 24.1 Å². The van der Waals surface area contributed by atoms with Crippen molar-refractivity contribution >= 4 is 5.69 Å². The molecule has 2 N–H and O–H groups in total. The molecule has 0 radical (unpaired) electrons. The predicted molar refractivity (Wildman–Crippen MR) is 67.1 cm³/mol. The Morgan fingerprint density at radius 1 is 1.35 bits per heavy atom. The second-order valence-electron chi connectivity index (χ2n) is 3.72. The van der Waals surface area contributed by atoms with Gasteiger partial charge in [-0.25, -0.2) is 4.68 Å². The molecular weight excluding hydrogens is 212 g/mol. The van der Waals surface area contributed by atoms with Crippen molar-refractivity contribution in [3.05, 3.63) is 41.7 Å². The van der Waals surface area contributed by atoms with E-state index in [1.807, 2.05) is 24.3 Å². The summed E-state index contributed by atoms with van der Waals surface area (Å²) in [7, 11) is 0. The molecule has 4 heteroatoms. The molecule has 1 aromatic carbocycles. The van der Waals surface area contributed by atoms with Crippen molar-refractivity contribution in [3.63, 3.8) is 0 Å². The lowest BCUT2D eigenvalue weighted by atomic mass is 10.2. The molecule has 0 spiro atoms. The molecule has 0 unspecified atom stereocenters. The van der Waals surface area contributed by atoms with Crippen LogP contribution >= 0.6 is 0 Å². The van der Waals surface area contributed by atoms with E-state index >= 15 is 0 Å². The Kier molecular flexibility index (Phi) is 3.41. The van der Waals surface area contributed by atoms with Crippen molar-refractivity contribution in [2.75, 3.05) is 5.73 Å². The molecule has 4 nitrogen and oxygen atoms in total. The van der Waals surface area contributed by atoms with Crippen LogP contribution in [0, 0.1) is 11.8 Å². The van der Waals surface area contributed by atoms with Crippen LogP contribution in [0.3, 0.4) is 0 Å². The van der Waals surface area contributed by atoms with Crippen LogP contribution in [0.4, 0.5) is 5.69 Å². The van der Waals surface area contributed by atoms with Gasteiger partial charge in [0.25, 0.3) is 0 Å². The fraction of sp³-hybridized carbons (Fsp3) is 0.231. The average Bonchev–Trinajstić information content (AvgIpc) is 2.75. The number of aromatic nitrogens is 3. The Balaban J connectivity index is 2.23. The van der Waals surface area contributed by atoms with Gasteiger partial charge in [0.15, 0.2) is 0 Å². The van der Waals surface area contributed by atoms with Crippen LogP contribution in [0.25, 0.3) is 0 Å². The Bertz CT molecular complexity index is 560. The van der Waals surface area contributed by atoms with E-state index in [9.17, 15) is 0 Å². The zero-order valence-electron chi connectivity index (χ0n) is 9.72. The summed E-state index contributed by atoms with van der Waals surface area (Å²) in [5, 5.41) is 7.83. The zero-order chi connectivity index (χ0) is 12.1. The SMILES string of the molecule is CCCn1nncc1C#Cc1cccc(N)c1. The van der Waals surface area contributed by atoms with E-state index in [4.69, 9.17) is 5.73 Å². The number of hydrogen-bond acceptors (Lipinski definition) is 3. The van der Waals surface area contributed by atoms with Crippen molar-refractivity contribution < 1.29 is 0 Å². The van der Waals surface area contributed by atoms with Crippen LogP contribution in [-0.2, 0) is 6.54 Å². The van der Waals surface area contributed by atoms with Gasteiger partial charge in [0.05, 0.1) is 6.20 Å². The minimum Gasteiger partial charge on any atom is -0.399 e. The topological polar surface area (TPSA) is 56.7 Å². The normalized spacial score (nSPS) is 9.71. The lowest BCUT2D eigenvalue weighted by Crippen LogP contribution is -2.01. The summed E-state index contributed by atoms with van der Waals surface area (Å²) in [5.41, 5.74) is 8.13. The van der Waals surface area contributed by atoms with Crippen molar-refractivity contribution in [3.8, 4) is 11.8 Å². The zero-order valence-corrected chi connectivity index (χ0v) is 9.72. The molecule has 0 bridgehead atoms. The number of anilines is 1. The Hall–Kier alpha value is -2.28. The fourth-order valence-corrected chi connectivity index (χ4v) is 1.48. The molecule has 0 amide bonds. The van der Waals surface area contributed by atoms with E-state index in [2.05, 4.69) is 29.1 Å². The highest BCUT2D eigenvalue weighted by atomic mass is 15.4. The summed E-state index contributed by atoms with van der Waals surface area (Å²) >= 11 is 0. The fourth-order valence-electron chi connectivity index (χ4n) is 1.48. The summed E-state index contributed by atoms with van der Waals surface area (Å²) in [6, 6.07) is 7.51. The molecule has 17 heavy (non-hydrogen) atoms. The number of nitrogens with two attached hydrogens (primary N) is 1. The van der Waals surface area contributed by atoms with Crippen molar-refractivity contribution in [1.29, 1.82) is 0 Å². The lowest BCUT2D eigenvalue weighted by molar-refractivity contribution is 0.574. The quantitative estimate of drug-likeness (QED) is 0.626. The average molecular weight is 226 g/mol. The van der Waals surface area contributed by atoms with Crippen molar-refractivity contribution in [1.82, 2.24) is 15.0 Å². The molecule has 2 aromatic rings. The lowest BCUT2D eigenvalue weighted by Gasteiger charge is -1.97. The summed E-state index contributed by atoms with van der Waals surface area (Å²) in [6.45, 7) is 2.93. The second kappa shape index (κ2) is 5.17. The molecular formula is C13H14N4. The summed E-state index contributed by atoms with van der Waals surface area (Å²) in [5.74, 6) is 6.11. The molecule has 0 saturated carbocycles. The van der Waals surface area contributed by atoms with Crippen LogP contribution in [0.5, 0.6) is 0 Å². The van der Waals surface area contributed by atoms with E-state index in [1.165, 1.54) is 0 Å². The number of nitrogen functional groups attached to an aromatic ring is 1. The third-order valence-corrected chi connectivity index (χ3v) is 2.27. The van der Waals surface area contributed by atoms with Crippen molar-refractivity contribution in [2.24, 2.45) is 0 Å². The minimum absolute atomic E-state index is 0.719. The van der Waals surface area contributed by atoms with Crippen LogP contribution in [0.2, 0.25) is 0 Å². The Morgan fingerprint density at radius 2 is 2.24 bits per heavy atom. The van der Waals surface area contributed by atoms with Gasteiger partial charge in [0.2, 0.25) is 0 Å². The molecule has 0 aliphatic heterocycles. The van der Waals surface area contributed by atoms with Gasteiger partial charge in [-0.05, 0) is 30.5 Å². The van der Waals surface area contributed by atoms with E-state index in [1.54, 1.807) is 10.9 Å². The third-order valence-electron chi connectivity index (χ3n) is 2.27. The maximum Gasteiger partial charge on any atom is 0.131 e. The van der Waals surface area contributed by atoms with Gasteiger partial charge in [-0.3, -0.25) is 0 Å². The largest absolute Gasteiger partial charge is 0.399 e. The molecule has 1 heterocycles. The molecule has 0 atom stereocenters. The van der Waals surface area contributed by atoms with Crippen LogP contribution < -0.4 is 5.73 Å². The van der Waals surface area contributed by atoms with Crippen LogP contribution in [0.15, 0.2) is 30.5 Å². The number of aryl methyl sites for hydroxylation is 1. The molecule has 1 aromatic heterocycles. The first-order valence-corrected chi connectivity index (χ1v) is 5.55. The molecule has 86 valence electrons. The Morgan fingerprint density at radius 3 is 3.00 bits per heavy atom. The predicted octanol–water partition coefficient (Wildman–Crippen LogP) is 1.67. The van der Waals surface area contributed by atoms with E-state index < -0.39 is 0 Å². The van der Waals surface area contributed by atoms with Gasteiger partial charge in [0.1, 0.15) is 5.69 Å². The maximum absolute atomic E-state index is 5.69. The molecule has 0 aliphatic rings. The van der Waals surface area contributed by atoms with Gasteiger partial charge in [0, 0.05) is 17.8 Å². The Labute approximate surface area is 100 Å². The number of nitrogens with zero attached hydrogens (tertiary/aromatic N) is 3. The highest BCUT2D eigenvalue weighted by molar-refractivity contribution is 5.48. The summed E-state index contributed by atoms with van der Waals surface area (Å²) < 4.78 is 1.80. The maximum atomic E-state index is 5.69.